The Hall–Kier alpha value is -2.75. The molecule has 1 aromatic heterocycles. The fraction of sp³-hybridized carbons (Fsp3) is 0.381. The molecule has 0 radical (unpaired) electrons. The molecule has 0 spiro atoms. The smallest absolute Gasteiger partial charge is 0.284 e. The van der Waals surface area contributed by atoms with Gasteiger partial charge in [0.25, 0.3) is 5.56 Å². The zero-order valence-corrected chi connectivity index (χ0v) is 17.5. The molecule has 0 bridgehead atoms. The van der Waals surface area contributed by atoms with Gasteiger partial charge in [0, 0.05) is 31.9 Å². The molecule has 3 aliphatic heterocycles. The Labute approximate surface area is 177 Å². The van der Waals surface area contributed by atoms with Crippen molar-refractivity contribution in [1.29, 1.82) is 0 Å². The minimum atomic E-state index is -0.233. The Bertz CT molecular complexity index is 1190. The van der Waals surface area contributed by atoms with Crippen molar-refractivity contribution in [3.05, 3.63) is 46.4 Å². The number of pyridine rings is 1. The van der Waals surface area contributed by atoms with Crippen molar-refractivity contribution in [2.24, 2.45) is 0 Å². The molecular weight excluding hydrogens is 402 g/mol. The van der Waals surface area contributed by atoms with Crippen LogP contribution in [0.15, 0.2) is 35.1 Å². The summed E-state index contributed by atoms with van der Waals surface area (Å²) in [6, 6.07) is 9.19. The first kappa shape index (κ1) is 19.2. The van der Waals surface area contributed by atoms with Crippen LogP contribution >= 0.6 is 11.3 Å². The summed E-state index contributed by atoms with van der Waals surface area (Å²) in [5.41, 5.74) is 2.17. The van der Waals surface area contributed by atoms with E-state index in [4.69, 9.17) is 4.74 Å². The van der Waals surface area contributed by atoms with E-state index < -0.39 is 0 Å². The average molecular weight is 425 g/mol. The van der Waals surface area contributed by atoms with Crippen molar-refractivity contribution >= 4 is 21.6 Å². The summed E-state index contributed by atoms with van der Waals surface area (Å²) < 4.78 is 9.38. The number of hydrogen-bond donors (Lipinski definition) is 0. The second-order valence-electron chi connectivity index (χ2n) is 7.47. The second-order valence-corrected chi connectivity index (χ2v) is 8.48. The van der Waals surface area contributed by atoms with Gasteiger partial charge in [-0.05, 0) is 37.4 Å². The molecule has 30 heavy (non-hydrogen) atoms. The minimum Gasteiger partial charge on any atom is -0.860 e. The third-order valence-corrected chi connectivity index (χ3v) is 6.60. The molecular formula is C21H22N5O3S-. The lowest BCUT2D eigenvalue weighted by Gasteiger charge is -2.28. The summed E-state index contributed by atoms with van der Waals surface area (Å²) in [5.74, 6) is -0.129. The van der Waals surface area contributed by atoms with Gasteiger partial charge in [0.05, 0.1) is 34.7 Å². The third-order valence-electron chi connectivity index (χ3n) is 5.59. The maximum Gasteiger partial charge on any atom is 0.284 e. The summed E-state index contributed by atoms with van der Waals surface area (Å²) >= 11 is 1.41. The minimum absolute atomic E-state index is 0.129. The molecule has 0 unspecified atom stereocenters. The summed E-state index contributed by atoms with van der Waals surface area (Å²) in [6.07, 6.45) is 0.840. The molecule has 8 nitrogen and oxygen atoms in total. The van der Waals surface area contributed by atoms with Crippen molar-refractivity contribution in [1.82, 2.24) is 24.2 Å². The Balaban J connectivity index is 1.46. The number of fused-ring (bicyclic) bond motifs is 2. The molecule has 4 heterocycles. The van der Waals surface area contributed by atoms with Gasteiger partial charge in [0.2, 0.25) is 5.13 Å². The largest absolute Gasteiger partial charge is 0.860 e. The molecule has 1 saturated heterocycles. The van der Waals surface area contributed by atoms with Crippen LogP contribution in [-0.2, 0) is 11.3 Å². The van der Waals surface area contributed by atoms with Crippen LogP contribution in [0.25, 0.3) is 26.6 Å². The summed E-state index contributed by atoms with van der Waals surface area (Å²) in [4.78, 5) is 20.0. The molecule has 0 amide bonds. The fourth-order valence-corrected chi connectivity index (χ4v) is 4.91. The van der Waals surface area contributed by atoms with Crippen LogP contribution in [0.5, 0.6) is 5.88 Å². The van der Waals surface area contributed by atoms with E-state index in [2.05, 4.69) is 15.0 Å². The van der Waals surface area contributed by atoms with E-state index in [1.807, 2.05) is 31.2 Å². The first-order valence-electron chi connectivity index (χ1n) is 10.1. The van der Waals surface area contributed by atoms with Gasteiger partial charge in [-0.2, -0.15) is 9.78 Å². The number of benzene rings is 1. The first-order valence-corrected chi connectivity index (χ1v) is 10.9. The summed E-state index contributed by atoms with van der Waals surface area (Å²) in [5, 5.41) is 17.6. The molecule has 0 N–H and O–H groups in total. The normalized spacial score (nSPS) is 15.4. The molecule has 1 aromatic carbocycles. The van der Waals surface area contributed by atoms with E-state index in [1.165, 1.54) is 22.1 Å². The number of morpholine rings is 1. The van der Waals surface area contributed by atoms with Crippen LogP contribution in [-0.4, -0.2) is 57.1 Å². The number of para-hydroxylation sites is 1. The molecule has 2 aromatic rings. The van der Waals surface area contributed by atoms with Crippen molar-refractivity contribution in [3.63, 3.8) is 0 Å². The summed E-state index contributed by atoms with van der Waals surface area (Å²) in [6.45, 7) is 6.67. The molecule has 0 aliphatic carbocycles. The fourth-order valence-electron chi connectivity index (χ4n) is 3.99. The van der Waals surface area contributed by atoms with Crippen LogP contribution in [0.3, 0.4) is 0 Å². The molecule has 1 fully saturated rings. The van der Waals surface area contributed by atoms with Crippen LogP contribution in [0.2, 0.25) is 0 Å². The Morgan fingerprint density at radius 1 is 1.20 bits per heavy atom. The van der Waals surface area contributed by atoms with E-state index in [0.29, 0.717) is 28.6 Å². The average Bonchev–Trinajstić information content (AvgIpc) is 3.32. The van der Waals surface area contributed by atoms with E-state index in [0.717, 1.165) is 49.5 Å². The predicted molar refractivity (Wildman–Crippen MR) is 114 cm³/mol. The molecule has 5 rings (SSSR count). The third kappa shape index (κ3) is 3.38. The van der Waals surface area contributed by atoms with Crippen LogP contribution < -0.4 is 10.7 Å². The Kier molecular flexibility index (Phi) is 5.01. The van der Waals surface area contributed by atoms with Gasteiger partial charge in [-0.3, -0.25) is 9.69 Å². The lowest BCUT2D eigenvalue weighted by molar-refractivity contribution is -0.279. The highest BCUT2D eigenvalue weighted by atomic mass is 32.1. The second kappa shape index (κ2) is 7.82. The van der Waals surface area contributed by atoms with Gasteiger partial charge in [-0.1, -0.05) is 23.5 Å². The SMILES string of the molecule is Cc1c2c(=O)n(-c3nc4ccccc4s3)nc-2cc([O-])n1CCCN1CCOCC1. The lowest BCUT2D eigenvalue weighted by Crippen LogP contribution is -2.37. The molecule has 3 aliphatic rings. The van der Waals surface area contributed by atoms with Gasteiger partial charge >= 0.3 is 0 Å². The number of hydrogen-bond acceptors (Lipinski definition) is 7. The highest BCUT2D eigenvalue weighted by molar-refractivity contribution is 7.20. The molecule has 9 heteroatoms. The Morgan fingerprint density at radius 2 is 2.00 bits per heavy atom. The molecule has 0 atom stereocenters. The highest BCUT2D eigenvalue weighted by Crippen LogP contribution is 2.28. The van der Waals surface area contributed by atoms with Crippen molar-refractivity contribution in [3.8, 4) is 22.3 Å². The number of ether oxygens (including phenoxy) is 1. The highest BCUT2D eigenvalue weighted by Gasteiger charge is 2.22. The van der Waals surface area contributed by atoms with Gasteiger partial charge < -0.3 is 14.4 Å². The van der Waals surface area contributed by atoms with Gasteiger partial charge in [-0.25, -0.2) is 4.98 Å². The Morgan fingerprint density at radius 3 is 2.80 bits per heavy atom. The lowest BCUT2D eigenvalue weighted by atomic mass is 10.1. The maximum absolute atomic E-state index is 13.1. The predicted octanol–water partition coefficient (Wildman–Crippen LogP) is 1.85. The van der Waals surface area contributed by atoms with E-state index in [9.17, 15) is 9.90 Å². The number of nitrogens with zero attached hydrogens (tertiary/aromatic N) is 5. The van der Waals surface area contributed by atoms with Crippen molar-refractivity contribution in [2.75, 3.05) is 32.8 Å². The molecule has 0 saturated carbocycles. The number of thiazole rings is 1. The first-order chi connectivity index (χ1) is 14.6. The van der Waals surface area contributed by atoms with Gasteiger partial charge in [0.15, 0.2) is 0 Å². The number of aromatic nitrogens is 4. The zero-order chi connectivity index (χ0) is 20.7. The van der Waals surface area contributed by atoms with Crippen molar-refractivity contribution in [2.45, 2.75) is 19.9 Å². The van der Waals surface area contributed by atoms with Crippen LogP contribution in [0.4, 0.5) is 0 Å². The quantitative estimate of drug-likeness (QED) is 0.486. The van der Waals surface area contributed by atoms with E-state index in [1.54, 1.807) is 4.57 Å². The van der Waals surface area contributed by atoms with Gasteiger partial charge in [0.1, 0.15) is 0 Å². The van der Waals surface area contributed by atoms with E-state index in [-0.39, 0.29) is 11.4 Å². The number of rotatable bonds is 5. The van der Waals surface area contributed by atoms with Crippen LogP contribution in [0.1, 0.15) is 12.1 Å². The zero-order valence-electron chi connectivity index (χ0n) is 16.7. The topological polar surface area (TPSA) is 88.2 Å². The van der Waals surface area contributed by atoms with Gasteiger partial charge in [-0.15, -0.1) is 0 Å². The summed E-state index contributed by atoms with van der Waals surface area (Å²) in [7, 11) is 0. The molecule has 156 valence electrons. The van der Waals surface area contributed by atoms with Crippen molar-refractivity contribution < 1.29 is 9.84 Å². The standard InChI is InChI=1S/C21H23N5O3S/c1-14-19-16(13-18(27)25(14)8-4-7-24-9-11-29-12-10-24)23-26(20(19)28)21-22-15-5-2-3-6-17(15)30-21/h2-3,5-6,13,27H,4,7-12H2,1H3/p-1. The maximum atomic E-state index is 13.1. The van der Waals surface area contributed by atoms with E-state index >= 15 is 0 Å². The monoisotopic (exact) mass is 424 g/mol. The van der Waals surface area contributed by atoms with Crippen LogP contribution in [0, 0.1) is 6.92 Å².